The van der Waals surface area contributed by atoms with Gasteiger partial charge in [-0.3, -0.25) is 4.99 Å². The second-order valence-corrected chi connectivity index (χ2v) is 6.52. The number of benzene rings is 2. The van der Waals surface area contributed by atoms with Gasteiger partial charge >= 0.3 is 0 Å². The van der Waals surface area contributed by atoms with Crippen molar-refractivity contribution in [3.05, 3.63) is 65.7 Å². The van der Waals surface area contributed by atoms with Crippen molar-refractivity contribution in [1.29, 1.82) is 0 Å². The van der Waals surface area contributed by atoms with Gasteiger partial charge in [0.1, 0.15) is 5.75 Å². The Bertz CT molecular complexity index is 705. The van der Waals surface area contributed by atoms with Crippen molar-refractivity contribution >= 4 is 29.9 Å². The lowest BCUT2D eigenvalue weighted by Crippen LogP contribution is -2.41. The van der Waals surface area contributed by atoms with Crippen molar-refractivity contribution in [2.45, 2.75) is 25.2 Å². The molecule has 0 radical (unpaired) electrons. The first-order valence-electron chi connectivity index (χ1n) is 8.99. The summed E-state index contributed by atoms with van der Waals surface area (Å²) in [6.45, 7) is 4.72. The molecular formula is C21H28IN3O. The molecular weight excluding hydrogens is 437 g/mol. The molecule has 140 valence electrons. The minimum atomic E-state index is 0. The molecule has 0 saturated carbocycles. The lowest BCUT2D eigenvalue weighted by Gasteiger charge is -2.26. The molecule has 0 spiro atoms. The van der Waals surface area contributed by atoms with Gasteiger partial charge in [-0.2, -0.15) is 0 Å². The second kappa shape index (κ2) is 10.4. The number of hydrogen-bond acceptors (Lipinski definition) is 2. The molecule has 26 heavy (non-hydrogen) atoms. The van der Waals surface area contributed by atoms with Crippen molar-refractivity contribution in [2.24, 2.45) is 4.99 Å². The molecule has 3 rings (SSSR count). The van der Waals surface area contributed by atoms with Crippen LogP contribution in [0, 0.1) is 0 Å². The van der Waals surface area contributed by atoms with Crippen LogP contribution in [0.3, 0.4) is 0 Å². The van der Waals surface area contributed by atoms with E-state index in [1.54, 1.807) is 0 Å². The highest BCUT2D eigenvalue weighted by atomic mass is 127. The fourth-order valence-electron chi connectivity index (χ4n) is 3.22. The van der Waals surface area contributed by atoms with E-state index in [0.717, 1.165) is 37.8 Å². The third-order valence-corrected chi connectivity index (χ3v) is 4.77. The molecule has 1 aliphatic heterocycles. The van der Waals surface area contributed by atoms with Gasteiger partial charge < -0.3 is 15.4 Å². The monoisotopic (exact) mass is 465 g/mol. The van der Waals surface area contributed by atoms with Crippen LogP contribution in [0.1, 0.15) is 36.3 Å². The first-order chi connectivity index (χ1) is 12.3. The normalized spacial score (nSPS) is 17.3. The SMILES string of the molecule is CN=C(NCC(C)c1ccccc1)NCC1CCOc2ccccc21.I. The number of nitrogens with zero attached hydrogens (tertiary/aromatic N) is 1. The topological polar surface area (TPSA) is 45.7 Å². The summed E-state index contributed by atoms with van der Waals surface area (Å²) in [7, 11) is 1.82. The largest absolute Gasteiger partial charge is 0.493 e. The Labute approximate surface area is 173 Å². The fraction of sp³-hybridized carbons (Fsp3) is 0.381. The van der Waals surface area contributed by atoms with E-state index >= 15 is 0 Å². The third kappa shape index (κ3) is 5.37. The van der Waals surface area contributed by atoms with Crippen LogP contribution in [-0.4, -0.2) is 32.7 Å². The molecule has 1 heterocycles. The van der Waals surface area contributed by atoms with Gasteiger partial charge in [-0.15, -0.1) is 24.0 Å². The summed E-state index contributed by atoms with van der Waals surface area (Å²) in [5.74, 6) is 2.76. The molecule has 2 unspecified atom stereocenters. The Kier molecular flexibility index (Phi) is 8.22. The van der Waals surface area contributed by atoms with Gasteiger partial charge in [0.15, 0.2) is 5.96 Å². The average molecular weight is 465 g/mol. The zero-order valence-electron chi connectivity index (χ0n) is 15.4. The molecule has 4 nitrogen and oxygen atoms in total. The standard InChI is InChI=1S/C21H27N3O.HI/c1-16(17-8-4-3-5-9-17)14-23-21(22-2)24-15-18-12-13-25-20-11-7-6-10-19(18)20;/h3-11,16,18H,12-15H2,1-2H3,(H2,22,23,24);1H. The van der Waals surface area contributed by atoms with Gasteiger partial charge in [0.05, 0.1) is 6.61 Å². The molecule has 0 bridgehead atoms. The molecule has 0 aromatic heterocycles. The summed E-state index contributed by atoms with van der Waals surface area (Å²) in [6, 6.07) is 18.9. The third-order valence-electron chi connectivity index (χ3n) is 4.77. The number of nitrogens with one attached hydrogen (secondary N) is 2. The number of fused-ring (bicyclic) bond motifs is 1. The molecule has 0 saturated heterocycles. The van der Waals surface area contributed by atoms with Crippen LogP contribution in [0.5, 0.6) is 5.75 Å². The van der Waals surface area contributed by atoms with Crippen molar-refractivity contribution in [3.8, 4) is 5.75 Å². The molecule has 1 aliphatic rings. The predicted molar refractivity (Wildman–Crippen MR) is 119 cm³/mol. The Hall–Kier alpha value is -1.76. The molecule has 2 aromatic rings. The summed E-state index contributed by atoms with van der Waals surface area (Å²) in [5, 5.41) is 6.91. The molecule has 2 atom stereocenters. The van der Waals surface area contributed by atoms with Gasteiger partial charge in [0, 0.05) is 26.1 Å². The highest BCUT2D eigenvalue weighted by Crippen LogP contribution is 2.32. The lowest BCUT2D eigenvalue weighted by atomic mass is 9.93. The molecule has 0 amide bonds. The summed E-state index contributed by atoms with van der Waals surface area (Å²) in [6.07, 6.45) is 1.03. The number of rotatable bonds is 5. The van der Waals surface area contributed by atoms with Crippen LogP contribution in [0.15, 0.2) is 59.6 Å². The van der Waals surface area contributed by atoms with Crippen molar-refractivity contribution in [1.82, 2.24) is 10.6 Å². The van der Waals surface area contributed by atoms with E-state index in [-0.39, 0.29) is 24.0 Å². The minimum absolute atomic E-state index is 0. The maximum atomic E-state index is 5.74. The smallest absolute Gasteiger partial charge is 0.191 e. The number of ether oxygens (including phenoxy) is 1. The first kappa shape index (κ1) is 20.6. The van der Waals surface area contributed by atoms with E-state index in [4.69, 9.17) is 4.74 Å². The maximum Gasteiger partial charge on any atom is 0.191 e. The fourth-order valence-corrected chi connectivity index (χ4v) is 3.22. The van der Waals surface area contributed by atoms with Crippen LogP contribution < -0.4 is 15.4 Å². The van der Waals surface area contributed by atoms with E-state index in [2.05, 4.69) is 71.1 Å². The maximum absolute atomic E-state index is 5.74. The van der Waals surface area contributed by atoms with Gasteiger partial charge in [0.2, 0.25) is 0 Å². The lowest BCUT2D eigenvalue weighted by molar-refractivity contribution is 0.267. The first-order valence-corrected chi connectivity index (χ1v) is 8.99. The van der Waals surface area contributed by atoms with Gasteiger partial charge in [0.25, 0.3) is 0 Å². The molecule has 2 aromatic carbocycles. The highest BCUT2D eigenvalue weighted by Gasteiger charge is 2.21. The van der Waals surface area contributed by atoms with E-state index in [1.165, 1.54) is 11.1 Å². The number of aliphatic imine (C=N–C) groups is 1. The van der Waals surface area contributed by atoms with Crippen molar-refractivity contribution < 1.29 is 4.74 Å². The van der Waals surface area contributed by atoms with Crippen LogP contribution >= 0.6 is 24.0 Å². The Morgan fingerprint density at radius 1 is 1.12 bits per heavy atom. The average Bonchev–Trinajstić information content (AvgIpc) is 2.68. The minimum Gasteiger partial charge on any atom is -0.493 e. The predicted octanol–water partition coefficient (Wildman–Crippen LogP) is 4.14. The molecule has 0 aliphatic carbocycles. The van der Waals surface area contributed by atoms with E-state index in [0.29, 0.717) is 11.8 Å². The molecule has 5 heteroatoms. The summed E-state index contributed by atoms with van der Waals surface area (Å²) >= 11 is 0. The van der Waals surface area contributed by atoms with Gasteiger partial charge in [-0.1, -0.05) is 55.5 Å². The number of para-hydroxylation sites is 1. The van der Waals surface area contributed by atoms with Gasteiger partial charge in [-0.05, 0) is 29.5 Å². The van der Waals surface area contributed by atoms with Gasteiger partial charge in [-0.25, -0.2) is 0 Å². The van der Waals surface area contributed by atoms with E-state index in [1.807, 2.05) is 13.1 Å². The number of guanidine groups is 1. The van der Waals surface area contributed by atoms with Crippen LogP contribution in [0.4, 0.5) is 0 Å². The second-order valence-electron chi connectivity index (χ2n) is 6.52. The zero-order valence-corrected chi connectivity index (χ0v) is 17.8. The number of hydrogen-bond donors (Lipinski definition) is 2. The molecule has 0 fully saturated rings. The van der Waals surface area contributed by atoms with E-state index in [9.17, 15) is 0 Å². The Morgan fingerprint density at radius 3 is 2.62 bits per heavy atom. The van der Waals surface area contributed by atoms with Crippen molar-refractivity contribution in [3.63, 3.8) is 0 Å². The summed E-state index contributed by atoms with van der Waals surface area (Å²) in [5.41, 5.74) is 2.62. The highest BCUT2D eigenvalue weighted by molar-refractivity contribution is 14.0. The number of halogens is 1. The summed E-state index contributed by atoms with van der Waals surface area (Å²) in [4.78, 5) is 4.36. The van der Waals surface area contributed by atoms with Crippen molar-refractivity contribution in [2.75, 3.05) is 26.7 Å². The Morgan fingerprint density at radius 2 is 1.85 bits per heavy atom. The molecule has 2 N–H and O–H groups in total. The van der Waals surface area contributed by atoms with Crippen LogP contribution in [0.25, 0.3) is 0 Å². The van der Waals surface area contributed by atoms with E-state index < -0.39 is 0 Å². The Balaban J connectivity index is 0.00000243. The van der Waals surface area contributed by atoms with Crippen LogP contribution in [0.2, 0.25) is 0 Å². The van der Waals surface area contributed by atoms with Crippen LogP contribution in [-0.2, 0) is 0 Å². The summed E-state index contributed by atoms with van der Waals surface area (Å²) < 4.78 is 5.74. The zero-order chi connectivity index (χ0) is 17.5. The quantitative estimate of drug-likeness (QED) is 0.397.